The minimum absolute atomic E-state index is 0.000584. The molecule has 3 N–H and O–H groups in total. The van der Waals surface area contributed by atoms with Crippen LogP contribution in [0.3, 0.4) is 0 Å². The summed E-state index contributed by atoms with van der Waals surface area (Å²) in [5, 5.41) is 13.7. The number of aromatic nitrogens is 1. The maximum Gasteiger partial charge on any atom is 0.317 e. The number of fused-ring (bicyclic) bond motifs is 1. The molecule has 3 aromatic rings. The second-order valence-corrected chi connectivity index (χ2v) is 10.8. The average molecular weight is 502 g/mol. The van der Waals surface area contributed by atoms with E-state index in [0.29, 0.717) is 17.9 Å². The molecule has 0 unspecified atom stereocenters. The average Bonchev–Trinajstić information content (AvgIpc) is 3.52. The van der Waals surface area contributed by atoms with Gasteiger partial charge in [0.2, 0.25) is 0 Å². The van der Waals surface area contributed by atoms with E-state index in [1.54, 1.807) is 11.3 Å². The van der Waals surface area contributed by atoms with Gasteiger partial charge in [0.25, 0.3) is 0 Å². The molecule has 0 spiro atoms. The third-order valence-electron chi connectivity index (χ3n) is 6.79. The number of nitrogens with two attached hydrogens (primary N) is 1. The van der Waals surface area contributed by atoms with Gasteiger partial charge in [-0.2, -0.15) is 5.26 Å². The van der Waals surface area contributed by atoms with Gasteiger partial charge in [0.05, 0.1) is 22.6 Å². The topological polar surface area (TPSA) is 104 Å². The van der Waals surface area contributed by atoms with Crippen molar-refractivity contribution in [3.8, 4) is 32.8 Å². The molecule has 0 radical (unpaired) electrons. The number of urea groups is 1. The van der Waals surface area contributed by atoms with Crippen molar-refractivity contribution in [2.45, 2.75) is 57.7 Å². The van der Waals surface area contributed by atoms with Crippen molar-refractivity contribution in [3.05, 3.63) is 59.3 Å². The molecule has 1 aromatic heterocycles. The molecule has 8 heteroatoms. The zero-order valence-electron chi connectivity index (χ0n) is 20.7. The number of benzene rings is 2. The van der Waals surface area contributed by atoms with Crippen LogP contribution in [0.2, 0.25) is 0 Å². The van der Waals surface area contributed by atoms with Gasteiger partial charge in [-0.3, -0.25) is 0 Å². The maximum absolute atomic E-state index is 12.9. The molecule has 0 bridgehead atoms. The molecule has 7 nitrogen and oxygen atoms in total. The molecule has 186 valence electrons. The van der Waals surface area contributed by atoms with Gasteiger partial charge in [-0.25, -0.2) is 9.78 Å². The number of piperidine rings is 1. The van der Waals surface area contributed by atoms with E-state index in [4.69, 9.17) is 10.5 Å². The van der Waals surface area contributed by atoms with Crippen LogP contribution in [-0.4, -0.2) is 41.2 Å². The summed E-state index contributed by atoms with van der Waals surface area (Å²) >= 11 is 1.61. The number of ether oxygens (including phenoxy) is 1. The predicted octanol–water partition coefficient (Wildman–Crippen LogP) is 5.26. The second-order valence-electron chi connectivity index (χ2n) is 9.78. The van der Waals surface area contributed by atoms with Gasteiger partial charge in [-0.1, -0.05) is 18.2 Å². The molecule has 2 atom stereocenters. The number of amides is 2. The quantitative estimate of drug-likeness (QED) is 0.496. The van der Waals surface area contributed by atoms with Gasteiger partial charge in [0.15, 0.2) is 0 Å². The molecule has 1 aliphatic heterocycles. The van der Waals surface area contributed by atoms with E-state index < -0.39 is 0 Å². The number of hydrogen-bond acceptors (Lipinski definition) is 6. The number of nitriles is 1. The Bertz CT molecular complexity index is 1310. The molecule has 0 saturated carbocycles. The SMILES string of the molecule is CC(C)Oc1ccc(-c2ncc(-c3cccc4c3CC[C@@H]4NC(=O)N3CCC[C@H](N)C3)s2)cc1C#N. The Labute approximate surface area is 215 Å². The van der Waals surface area contributed by atoms with Crippen molar-refractivity contribution >= 4 is 17.4 Å². The molecule has 2 heterocycles. The largest absolute Gasteiger partial charge is 0.490 e. The van der Waals surface area contributed by atoms with Gasteiger partial charge >= 0.3 is 6.03 Å². The molecular weight excluding hydrogens is 470 g/mol. The summed E-state index contributed by atoms with van der Waals surface area (Å²) in [4.78, 5) is 20.5. The molecule has 1 saturated heterocycles. The Morgan fingerprint density at radius 2 is 2.17 bits per heavy atom. The van der Waals surface area contributed by atoms with Crippen LogP contribution < -0.4 is 15.8 Å². The summed E-state index contributed by atoms with van der Waals surface area (Å²) < 4.78 is 5.75. The molecule has 36 heavy (non-hydrogen) atoms. The summed E-state index contributed by atoms with van der Waals surface area (Å²) in [5.41, 5.74) is 11.1. The molecule has 5 rings (SSSR count). The van der Waals surface area contributed by atoms with Crippen molar-refractivity contribution in [1.29, 1.82) is 5.26 Å². The van der Waals surface area contributed by atoms with Crippen molar-refractivity contribution in [2.75, 3.05) is 13.1 Å². The Balaban J connectivity index is 1.36. The van der Waals surface area contributed by atoms with Crippen molar-refractivity contribution in [3.63, 3.8) is 0 Å². The zero-order chi connectivity index (χ0) is 25.2. The summed E-state index contributed by atoms with van der Waals surface area (Å²) in [6.45, 7) is 5.27. The number of carbonyl (C=O) groups is 1. The summed E-state index contributed by atoms with van der Waals surface area (Å²) in [6, 6.07) is 14.2. The number of nitrogens with one attached hydrogen (secondary N) is 1. The molecule has 2 aromatic carbocycles. The van der Waals surface area contributed by atoms with Crippen molar-refractivity contribution in [1.82, 2.24) is 15.2 Å². The normalized spacial score (nSPS) is 19.1. The first-order valence-electron chi connectivity index (χ1n) is 12.5. The van der Waals surface area contributed by atoms with Gasteiger partial charge < -0.3 is 20.7 Å². The standard InChI is InChI=1S/C28H31N5O2S/c1-17(2)35-25-11-8-18(13-19(25)14-29)27-31-15-26(36-27)23-7-3-6-22-21(23)9-10-24(22)32-28(34)33-12-4-5-20(30)16-33/h3,6-8,11,13,15,17,20,24H,4-5,9-10,12,16,30H2,1-2H3,(H,32,34)/t20-,24-/m0/s1. The van der Waals surface area contributed by atoms with Gasteiger partial charge in [0, 0.05) is 30.9 Å². The van der Waals surface area contributed by atoms with Crippen LogP contribution in [-0.2, 0) is 6.42 Å². The minimum Gasteiger partial charge on any atom is -0.490 e. The smallest absolute Gasteiger partial charge is 0.317 e. The maximum atomic E-state index is 12.9. The van der Waals surface area contributed by atoms with Crippen LogP contribution in [0.25, 0.3) is 21.0 Å². The third kappa shape index (κ3) is 4.95. The fraction of sp³-hybridized carbons (Fsp3) is 0.393. The molecule has 1 fully saturated rings. The highest BCUT2D eigenvalue weighted by Gasteiger charge is 2.29. The van der Waals surface area contributed by atoms with E-state index in [1.807, 2.05) is 43.1 Å². The fourth-order valence-electron chi connectivity index (χ4n) is 5.11. The molecular formula is C28H31N5O2S. The Morgan fingerprint density at radius 1 is 1.31 bits per heavy atom. The van der Waals surface area contributed by atoms with Crippen LogP contribution in [0.4, 0.5) is 4.79 Å². The van der Waals surface area contributed by atoms with Crippen LogP contribution in [0.1, 0.15) is 55.8 Å². The first-order chi connectivity index (χ1) is 17.4. The lowest BCUT2D eigenvalue weighted by Crippen LogP contribution is -2.50. The highest BCUT2D eigenvalue weighted by molar-refractivity contribution is 7.18. The zero-order valence-corrected chi connectivity index (χ0v) is 21.5. The third-order valence-corrected chi connectivity index (χ3v) is 7.87. The van der Waals surface area contributed by atoms with Crippen LogP contribution in [0, 0.1) is 11.3 Å². The summed E-state index contributed by atoms with van der Waals surface area (Å²) in [7, 11) is 0. The number of likely N-dealkylation sites (tertiary alicyclic amines) is 1. The first kappa shape index (κ1) is 24.3. The summed E-state index contributed by atoms with van der Waals surface area (Å²) in [5.74, 6) is 0.591. The highest BCUT2D eigenvalue weighted by atomic mass is 32.1. The monoisotopic (exact) mass is 501 g/mol. The second kappa shape index (κ2) is 10.3. The fourth-order valence-corrected chi connectivity index (χ4v) is 6.07. The van der Waals surface area contributed by atoms with E-state index in [9.17, 15) is 10.1 Å². The van der Waals surface area contributed by atoms with E-state index in [-0.39, 0.29) is 24.2 Å². The predicted molar refractivity (Wildman–Crippen MR) is 142 cm³/mol. The lowest BCUT2D eigenvalue weighted by atomic mass is 10.0. The lowest BCUT2D eigenvalue weighted by molar-refractivity contribution is 0.176. The number of hydrogen-bond donors (Lipinski definition) is 2. The van der Waals surface area contributed by atoms with Crippen LogP contribution in [0.5, 0.6) is 5.75 Å². The van der Waals surface area contributed by atoms with Crippen LogP contribution >= 0.6 is 11.3 Å². The minimum atomic E-state index is -0.0216. The van der Waals surface area contributed by atoms with Gasteiger partial charge in [-0.05, 0) is 74.4 Å². The number of rotatable bonds is 5. The summed E-state index contributed by atoms with van der Waals surface area (Å²) in [6.07, 6.45) is 5.62. The highest BCUT2D eigenvalue weighted by Crippen LogP contribution is 2.41. The van der Waals surface area contributed by atoms with E-state index in [1.165, 1.54) is 11.1 Å². The Kier molecular flexibility index (Phi) is 6.95. The van der Waals surface area contributed by atoms with E-state index in [2.05, 4.69) is 34.6 Å². The lowest BCUT2D eigenvalue weighted by Gasteiger charge is -2.32. The molecule has 1 aliphatic carbocycles. The van der Waals surface area contributed by atoms with Gasteiger partial charge in [0.1, 0.15) is 16.8 Å². The molecule has 2 aliphatic rings. The number of nitrogens with zero attached hydrogens (tertiary/aromatic N) is 3. The van der Waals surface area contributed by atoms with E-state index in [0.717, 1.165) is 53.2 Å². The first-order valence-corrected chi connectivity index (χ1v) is 13.3. The van der Waals surface area contributed by atoms with Crippen LogP contribution in [0.15, 0.2) is 42.6 Å². The van der Waals surface area contributed by atoms with E-state index >= 15 is 0 Å². The number of thiazole rings is 1. The molecule has 2 amide bonds. The Hall–Kier alpha value is -3.41. The van der Waals surface area contributed by atoms with Crippen molar-refractivity contribution < 1.29 is 9.53 Å². The Morgan fingerprint density at radius 3 is 2.94 bits per heavy atom. The van der Waals surface area contributed by atoms with Crippen molar-refractivity contribution in [2.24, 2.45) is 5.73 Å². The van der Waals surface area contributed by atoms with Gasteiger partial charge in [-0.15, -0.1) is 11.3 Å². The number of carbonyl (C=O) groups excluding carboxylic acids is 1.